The Morgan fingerprint density at radius 3 is 2.31 bits per heavy atom. The summed E-state index contributed by atoms with van der Waals surface area (Å²) in [6.07, 6.45) is 2.95. The molecule has 1 aliphatic rings. The first-order chi connectivity index (χ1) is 14.0. The topological polar surface area (TPSA) is 12.0 Å². The Bertz CT molecular complexity index is 1050. The second-order valence-corrected chi connectivity index (χ2v) is 9.38. The molecule has 0 heterocycles. The monoisotopic (exact) mass is 397 g/mol. The zero-order chi connectivity index (χ0) is 20.4. The first kappa shape index (κ1) is 19.6. The van der Waals surface area contributed by atoms with Gasteiger partial charge in [-0.1, -0.05) is 82.0 Å². The van der Waals surface area contributed by atoms with E-state index in [-0.39, 0.29) is 5.41 Å². The first-order valence-corrected chi connectivity index (χ1v) is 10.8. The summed E-state index contributed by atoms with van der Waals surface area (Å²) in [4.78, 5) is 1.21. The molecule has 0 unspecified atom stereocenters. The zero-order valence-corrected chi connectivity index (χ0v) is 18.1. The Labute approximate surface area is 178 Å². The molecule has 0 atom stereocenters. The summed E-state index contributed by atoms with van der Waals surface area (Å²) in [5.74, 6) is 0. The highest BCUT2D eigenvalue weighted by molar-refractivity contribution is 8.00. The van der Waals surface area contributed by atoms with Crippen molar-refractivity contribution in [3.05, 3.63) is 113 Å². The Morgan fingerprint density at radius 1 is 0.931 bits per heavy atom. The molecule has 4 rings (SSSR count). The van der Waals surface area contributed by atoms with E-state index in [0.717, 1.165) is 12.1 Å². The highest BCUT2D eigenvalue weighted by Gasteiger charge is 2.21. The van der Waals surface area contributed by atoms with Crippen LogP contribution in [0.15, 0.2) is 95.9 Å². The van der Waals surface area contributed by atoms with Gasteiger partial charge in [-0.3, -0.25) is 0 Å². The van der Waals surface area contributed by atoms with Crippen molar-refractivity contribution in [3.8, 4) is 0 Å². The summed E-state index contributed by atoms with van der Waals surface area (Å²) < 4.78 is 3.52. The number of allylic oxidation sites excluding steroid dienone is 2. The molecule has 0 spiro atoms. The maximum atomic E-state index is 4.05. The highest BCUT2D eigenvalue weighted by Crippen LogP contribution is 2.39. The van der Waals surface area contributed by atoms with Gasteiger partial charge in [0.2, 0.25) is 0 Å². The van der Waals surface area contributed by atoms with Crippen molar-refractivity contribution in [2.45, 2.75) is 37.5 Å². The largest absolute Gasteiger partial charge is 0.326 e. The van der Waals surface area contributed by atoms with Gasteiger partial charge in [0.25, 0.3) is 0 Å². The van der Waals surface area contributed by atoms with Crippen LogP contribution in [0.1, 0.15) is 43.0 Å². The van der Waals surface area contributed by atoms with Crippen LogP contribution in [0.3, 0.4) is 0 Å². The van der Waals surface area contributed by atoms with Gasteiger partial charge in [0.15, 0.2) is 0 Å². The highest BCUT2D eigenvalue weighted by atomic mass is 32.2. The molecule has 3 aromatic carbocycles. The number of nitrogens with one attached hydrogen (secondary N) is 1. The quantitative estimate of drug-likeness (QED) is 0.444. The molecule has 0 aliphatic heterocycles. The van der Waals surface area contributed by atoms with E-state index in [1.807, 2.05) is 6.08 Å². The lowest BCUT2D eigenvalue weighted by molar-refractivity contribution is 0.590. The second kappa shape index (κ2) is 7.96. The number of anilines is 1. The molecule has 0 radical (unpaired) electrons. The molecule has 3 aromatic rings. The van der Waals surface area contributed by atoms with Gasteiger partial charge in [0.1, 0.15) is 0 Å². The van der Waals surface area contributed by atoms with Crippen LogP contribution in [0.4, 0.5) is 5.69 Å². The van der Waals surface area contributed by atoms with Crippen molar-refractivity contribution < 1.29 is 0 Å². The maximum Gasteiger partial charge on any atom is 0.0449 e. The number of hydrogen-bond donors (Lipinski definition) is 1. The minimum atomic E-state index is 0.180. The Hall–Kier alpha value is -2.71. The summed E-state index contributed by atoms with van der Waals surface area (Å²) in [6, 6.07) is 26.1. The first-order valence-electron chi connectivity index (χ1n) is 10.0. The Morgan fingerprint density at radius 2 is 1.66 bits per heavy atom. The van der Waals surface area contributed by atoms with Gasteiger partial charge in [-0.05, 0) is 81.4 Å². The van der Waals surface area contributed by atoms with E-state index in [1.165, 1.54) is 38.3 Å². The fraction of sp³-hybridized carbons (Fsp3) is 0.185. The lowest BCUT2D eigenvalue weighted by Crippen LogP contribution is -2.10. The third-order valence-corrected chi connectivity index (χ3v) is 6.24. The van der Waals surface area contributed by atoms with E-state index >= 15 is 0 Å². The van der Waals surface area contributed by atoms with Crippen LogP contribution in [0.2, 0.25) is 0 Å². The molecular formula is C27H27NS. The zero-order valence-electron chi connectivity index (χ0n) is 17.3. The van der Waals surface area contributed by atoms with Crippen LogP contribution in [-0.4, -0.2) is 0 Å². The molecular weight excluding hydrogens is 370 g/mol. The molecule has 1 aliphatic carbocycles. The maximum absolute atomic E-state index is 4.05. The number of hydrogen-bond acceptors (Lipinski definition) is 2. The van der Waals surface area contributed by atoms with Crippen LogP contribution in [0.25, 0.3) is 5.57 Å². The van der Waals surface area contributed by atoms with Crippen molar-refractivity contribution >= 4 is 23.2 Å². The van der Waals surface area contributed by atoms with Crippen molar-refractivity contribution in [2.24, 2.45) is 0 Å². The van der Waals surface area contributed by atoms with Gasteiger partial charge in [-0.2, -0.15) is 0 Å². The molecule has 0 fully saturated rings. The van der Waals surface area contributed by atoms with Crippen LogP contribution in [-0.2, 0) is 11.8 Å². The van der Waals surface area contributed by atoms with E-state index in [1.54, 1.807) is 11.9 Å². The molecule has 1 nitrogen and oxygen atoms in total. The van der Waals surface area contributed by atoms with Crippen molar-refractivity contribution in [1.29, 1.82) is 0 Å². The summed E-state index contributed by atoms with van der Waals surface area (Å²) in [5, 5.41) is 0. The predicted molar refractivity (Wildman–Crippen MR) is 127 cm³/mol. The minimum absolute atomic E-state index is 0.180. The molecule has 0 aromatic heterocycles. The third-order valence-electron chi connectivity index (χ3n) is 5.40. The number of fused-ring (bicyclic) bond motifs is 1. The fourth-order valence-corrected chi connectivity index (χ4v) is 4.39. The fourth-order valence-electron chi connectivity index (χ4n) is 3.75. The van der Waals surface area contributed by atoms with Crippen LogP contribution < -0.4 is 4.72 Å². The van der Waals surface area contributed by atoms with Gasteiger partial charge in [-0.15, -0.1) is 0 Å². The van der Waals surface area contributed by atoms with Crippen LogP contribution in [0, 0.1) is 0 Å². The summed E-state index contributed by atoms with van der Waals surface area (Å²) >= 11 is 1.66. The van der Waals surface area contributed by atoms with Gasteiger partial charge in [-0.25, -0.2) is 0 Å². The predicted octanol–water partition coefficient (Wildman–Crippen LogP) is 7.65. The molecule has 0 saturated heterocycles. The summed E-state index contributed by atoms with van der Waals surface area (Å²) in [5.41, 5.74) is 9.18. The molecule has 0 bridgehead atoms. The van der Waals surface area contributed by atoms with Gasteiger partial charge >= 0.3 is 0 Å². The van der Waals surface area contributed by atoms with Crippen LogP contribution in [0.5, 0.6) is 0 Å². The smallest absolute Gasteiger partial charge is 0.0449 e. The van der Waals surface area contributed by atoms with Crippen molar-refractivity contribution in [2.75, 3.05) is 4.72 Å². The SMILES string of the molecule is C=CC1=C(c2ccccc2)c2cc(NSc3ccc(C(C)(C)C)cc3)ccc2C1. The standard InChI is InChI=1S/C27H27NS/c1-5-19-17-21-11-14-23(18-25(21)26(19)20-9-7-6-8-10-20)28-29-24-15-12-22(13-16-24)27(2,3)4/h5-16,18,28H,1,17H2,2-4H3. The van der Waals surface area contributed by atoms with E-state index in [9.17, 15) is 0 Å². The van der Waals surface area contributed by atoms with E-state index in [0.29, 0.717) is 0 Å². The minimum Gasteiger partial charge on any atom is -0.326 e. The van der Waals surface area contributed by atoms with E-state index in [2.05, 4.69) is 105 Å². The molecule has 2 heteroatoms. The third kappa shape index (κ3) is 4.18. The summed E-state index contributed by atoms with van der Waals surface area (Å²) in [6.45, 7) is 10.8. The van der Waals surface area contributed by atoms with Crippen molar-refractivity contribution in [3.63, 3.8) is 0 Å². The molecule has 0 saturated carbocycles. The van der Waals surface area contributed by atoms with E-state index in [4.69, 9.17) is 0 Å². The second-order valence-electron chi connectivity index (χ2n) is 8.50. The lowest BCUT2D eigenvalue weighted by Gasteiger charge is -2.19. The van der Waals surface area contributed by atoms with Gasteiger partial charge < -0.3 is 4.72 Å². The molecule has 29 heavy (non-hydrogen) atoms. The van der Waals surface area contributed by atoms with Gasteiger partial charge in [0, 0.05) is 10.6 Å². The van der Waals surface area contributed by atoms with E-state index < -0.39 is 0 Å². The molecule has 0 amide bonds. The van der Waals surface area contributed by atoms with Gasteiger partial charge in [0.05, 0.1) is 0 Å². The Kier molecular flexibility index (Phi) is 5.38. The Balaban J connectivity index is 1.56. The summed E-state index contributed by atoms with van der Waals surface area (Å²) in [7, 11) is 0. The normalized spacial score (nSPS) is 13.3. The number of benzene rings is 3. The number of rotatable bonds is 5. The molecule has 146 valence electrons. The average Bonchev–Trinajstić information content (AvgIpc) is 3.10. The van der Waals surface area contributed by atoms with Crippen LogP contribution >= 0.6 is 11.9 Å². The van der Waals surface area contributed by atoms with Crippen molar-refractivity contribution in [1.82, 2.24) is 0 Å². The molecule has 1 N–H and O–H groups in total. The lowest BCUT2D eigenvalue weighted by atomic mass is 9.87. The average molecular weight is 398 g/mol.